The van der Waals surface area contributed by atoms with Crippen molar-refractivity contribution in [2.24, 2.45) is 5.92 Å². The minimum atomic E-state index is -0.834. The predicted octanol–water partition coefficient (Wildman–Crippen LogP) is 5.76. The molecule has 1 saturated heterocycles. The maximum atomic E-state index is 13.4. The monoisotopic (exact) mass is 527 g/mol. The first-order chi connectivity index (χ1) is 18.7. The van der Waals surface area contributed by atoms with Crippen molar-refractivity contribution >= 4 is 29.1 Å². The first kappa shape index (κ1) is 27.6. The molecule has 7 nitrogen and oxygen atoms in total. The van der Waals surface area contributed by atoms with Crippen LogP contribution in [-0.4, -0.2) is 36.0 Å². The number of ether oxygens (including phenoxy) is 2. The van der Waals surface area contributed by atoms with Crippen molar-refractivity contribution in [2.75, 3.05) is 18.1 Å². The van der Waals surface area contributed by atoms with E-state index < -0.39 is 17.7 Å². The van der Waals surface area contributed by atoms with Crippen molar-refractivity contribution in [1.82, 2.24) is 0 Å². The Morgan fingerprint density at radius 1 is 1.00 bits per heavy atom. The van der Waals surface area contributed by atoms with Crippen LogP contribution in [0.1, 0.15) is 49.1 Å². The Balaban J connectivity index is 1.75. The Morgan fingerprint density at radius 2 is 1.69 bits per heavy atom. The van der Waals surface area contributed by atoms with Gasteiger partial charge in [-0.05, 0) is 66.8 Å². The number of ketones is 1. The Hall–Kier alpha value is -4.39. The van der Waals surface area contributed by atoms with E-state index in [1.807, 2.05) is 37.3 Å². The highest BCUT2D eigenvalue weighted by Gasteiger charge is 2.46. The number of benzene rings is 3. The molecule has 1 aliphatic heterocycles. The second-order valence-corrected chi connectivity index (χ2v) is 9.91. The third kappa shape index (κ3) is 6.03. The molecule has 1 heterocycles. The largest absolute Gasteiger partial charge is 0.507 e. The summed E-state index contributed by atoms with van der Waals surface area (Å²) in [5.74, 6) is -1.04. The Bertz CT molecular complexity index is 1390. The average molecular weight is 528 g/mol. The summed E-state index contributed by atoms with van der Waals surface area (Å²) < 4.78 is 10.9. The molecule has 0 bridgehead atoms. The van der Waals surface area contributed by atoms with Crippen LogP contribution < -0.4 is 9.64 Å². The molecule has 0 aliphatic carbocycles. The number of aryl methyl sites for hydroxylation is 1. The van der Waals surface area contributed by atoms with Gasteiger partial charge in [0.15, 0.2) is 0 Å². The maximum absolute atomic E-state index is 13.4. The van der Waals surface area contributed by atoms with Gasteiger partial charge in [-0.3, -0.25) is 19.3 Å². The lowest BCUT2D eigenvalue weighted by Crippen LogP contribution is -2.29. The number of carbonyl (C=O) groups is 3. The van der Waals surface area contributed by atoms with Crippen LogP contribution in [0.4, 0.5) is 5.69 Å². The number of esters is 1. The Labute approximate surface area is 228 Å². The van der Waals surface area contributed by atoms with Gasteiger partial charge < -0.3 is 14.6 Å². The fraction of sp³-hybridized carbons (Fsp3) is 0.281. The second-order valence-electron chi connectivity index (χ2n) is 9.91. The summed E-state index contributed by atoms with van der Waals surface area (Å²) in [5, 5.41) is 11.4. The van der Waals surface area contributed by atoms with Crippen LogP contribution in [0.15, 0.2) is 78.4 Å². The van der Waals surface area contributed by atoms with Gasteiger partial charge in [0.2, 0.25) is 0 Å². The van der Waals surface area contributed by atoms with Crippen LogP contribution in [0.5, 0.6) is 5.75 Å². The number of carbonyl (C=O) groups excluding carboxylic acids is 3. The molecule has 39 heavy (non-hydrogen) atoms. The lowest BCUT2D eigenvalue weighted by molar-refractivity contribution is -0.142. The highest BCUT2D eigenvalue weighted by molar-refractivity contribution is 6.51. The van der Waals surface area contributed by atoms with Gasteiger partial charge in [-0.15, -0.1) is 0 Å². The summed E-state index contributed by atoms with van der Waals surface area (Å²) >= 11 is 0. The second kappa shape index (κ2) is 12.0. The summed E-state index contributed by atoms with van der Waals surface area (Å²) in [6.45, 7) is 8.60. The molecule has 3 aromatic carbocycles. The van der Waals surface area contributed by atoms with Gasteiger partial charge in [0.25, 0.3) is 11.7 Å². The van der Waals surface area contributed by atoms with Gasteiger partial charge in [0, 0.05) is 11.3 Å². The third-order valence-electron chi connectivity index (χ3n) is 6.45. The number of rotatable bonds is 9. The zero-order valence-electron chi connectivity index (χ0n) is 22.6. The van der Waals surface area contributed by atoms with E-state index in [-0.39, 0.29) is 23.7 Å². The van der Waals surface area contributed by atoms with Crippen LogP contribution in [0.2, 0.25) is 0 Å². The fourth-order valence-electron chi connectivity index (χ4n) is 4.57. The number of hydrogen-bond donors (Lipinski definition) is 1. The number of anilines is 1. The minimum absolute atomic E-state index is 0.0112. The molecule has 1 fully saturated rings. The van der Waals surface area contributed by atoms with Gasteiger partial charge in [-0.25, -0.2) is 0 Å². The van der Waals surface area contributed by atoms with E-state index >= 15 is 0 Å². The first-order valence-corrected chi connectivity index (χ1v) is 13.1. The number of amides is 1. The summed E-state index contributed by atoms with van der Waals surface area (Å²) in [5.41, 5.74) is 3.13. The highest BCUT2D eigenvalue weighted by Crippen LogP contribution is 2.42. The first-order valence-electron chi connectivity index (χ1n) is 13.1. The molecule has 1 unspecified atom stereocenters. The number of nitrogens with zero attached hydrogens (tertiary/aromatic N) is 1. The van der Waals surface area contributed by atoms with Gasteiger partial charge >= 0.3 is 5.97 Å². The van der Waals surface area contributed by atoms with Crippen molar-refractivity contribution in [3.8, 4) is 5.75 Å². The summed E-state index contributed by atoms with van der Waals surface area (Å²) in [6, 6.07) is 20.4. The Kier molecular flexibility index (Phi) is 8.49. The van der Waals surface area contributed by atoms with Crippen molar-refractivity contribution in [3.63, 3.8) is 0 Å². The fourth-order valence-corrected chi connectivity index (χ4v) is 4.57. The molecular formula is C32H33NO6. The predicted molar refractivity (Wildman–Crippen MR) is 150 cm³/mol. The van der Waals surface area contributed by atoms with Gasteiger partial charge in [-0.2, -0.15) is 0 Å². The number of aliphatic hydroxyl groups excluding tert-OH is 1. The van der Waals surface area contributed by atoms with E-state index in [1.54, 1.807) is 49.4 Å². The van der Waals surface area contributed by atoms with E-state index in [9.17, 15) is 19.5 Å². The summed E-state index contributed by atoms with van der Waals surface area (Å²) in [6.07, 6.45) is 0.102. The molecule has 202 valence electrons. The Morgan fingerprint density at radius 3 is 2.31 bits per heavy atom. The van der Waals surface area contributed by atoms with Crippen molar-refractivity contribution < 1.29 is 29.0 Å². The van der Waals surface area contributed by atoms with Crippen LogP contribution in [0.25, 0.3) is 5.76 Å². The maximum Gasteiger partial charge on any atom is 0.310 e. The van der Waals surface area contributed by atoms with Gasteiger partial charge in [0.05, 0.1) is 31.2 Å². The lowest BCUT2D eigenvalue weighted by atomic mass is 9.94. The molecule has 1 atom stereocenters. The SMILES string of the molecule is CCOC(=O)Cc1ccc(N2C(=O)C(=O)/C(=C(\O)c3ccc(OCC(C)C)c(C)c3)C2c2ccccc2)cc1. The molecule has 0 saturated carbocycles. The lowest BCUT2D eigenvalue weighted by Gasteiger charge is -2.25. The summed E-state index contributed by atoms with van der Waals surface area (Å²) in [4.78, 5) is 40.1. The van der Waals surface area contributed by atoms with Crippen LogP contribution in [-0.2, 0) is 25.5 Å². The van der Waals surface area contributed by atoms with Crippen LogP contribution >= 0.6 is 0 Å². The summed E-state index contributed by atoms with van der Waals surface area (Å²) in [7, 11) is 0. The molecule has 0 aromatic heterocycles. The average Bonchev–Trinajstić information content (AvgIpc) is 3.18. The zero-order valence-corrected chi connectivity index (χ0v) is 22.6. The zero-order chi connectivity index (χ0) is 28.1. The smallest absolute Gasteiger partial charge is 0.310 e. The molecule has 3 aromatic rings. The molecule has 7 heteroatoms. The van der Waals surface area contributed by atoms with Gasteiger partial charge in [-0.1, -0.05) is 56.3 Å². The van der Waals surface area contributed by atoms with Crippen LogP contribution in [0.3, 0.4) is 0 Å². The molecule has 4 rings (SSSR count). The topological polar surface area (TPSA) is 93.1 Å². The standard InChI is InChI=1S/C32H33NO6/c1-5-38-27(34)18-22-11-14-25(15-12-22)33-29(23-9-7-6-8-10-23)28(31(36)32(33)37)30(35)24-13-16-26(21(4)17-24)39-19-20(2)3/h6-17,20,29,35H,5,18-19H2,1-4H3/b30-28-. The molecule has 1 amide bonds. The minimum Gasteiger partial charge on any atom is -0.507 e. The van der Waals surface area contributed by atoms with Crippen LogP contribution in [0, 0.1) is 12.8 Å². The van der Waals surface area contributed by atoms with E-state index in [1.165, 1.54) is 4.90 Å². The third-order valence-corrected chi connectivity index (χ3v) is 6.45. The number of aliphatic hydroxyl groups is 1. The van der Waals surface area contributed by atoms with E-state index in [0.717, 1.165) is 11.1 Å². The normalized spacial score (nSPS) is 16.5. The number of Topliss-reactive ketones (excluding diaryl/α,β-unsaturated/α-hetero) is 1. The number of hydrogen-bond acceptors (Lipinski definition) is 6. The van der Waals surface area contributed by atoms with E-state index in [0.29, 0.717) is 41.7 Å². The van der Waals surface area contributed by atoms with Gasteiger partial charge in [0.1, 0.15) is 11.5 Å². The molecule has 0 spiro atoms. The van der Waals surface area contributed by atoms with E-state index in [4.69, 9.17) is 9.47 Å². The molecule has 0 radical (unpaired) electrons. The van der Waals surface area contributed by atoms with E-state index in [2.05, 4.69) is 13.8 Å². The van der Waals surface area contributed by atoms with Crippen molar-refractivity contribution in [2.45, 2.75) is 40.2 Å². The quantitative estimate of drug-likeness (QED) is 0.165. The van der Waals surface area contributed by atoms with Crippen molar-refractivity contribution in [3.05, 3.63) is 101 Å². The highest BCUT2D eigenvalue weighted by atomic mass is 16.5. The molecule has 1 N–H and O–H groups in total. The van der Waals surface area contributed by atoms with Crippen molar-refractivity contribution in [1.29, 1.82) is 0 Å². The molecule has 1 aliphatic rings. The molecular weight excluding hydrogens is 494 g/mol.